The van der Waals surface area contributed by atoms with Crippen molar-refractivity contribution in [2.45, 2.75) is 89.8 Å². The van der Waals surface area contributed by atoms with Crippen LogP contribution in [0.1, 0.15) is 72.6 Å². The van der Waals surface area contributed by atoms with E-state index >= 15 is 0 Å². The standard InChI is InChI=1S/C19H37N3O3S.CH2O2/c1-18(2)13-15(14-19(3,4)21-18)12-17(23)20-10-9-16-8-6-7-11-22(16)26(5,24)25;2-1-3/h15-16,21H,6-14H2,1-5H3,(H,20,23);1H,(H,2,3). The van der Waals surface area contributed by atoms with Crippen LogP contribution in [0, 0.1) is 5.92 Å². The normalized spacial score (nSPS) is 24.8. The van der Waals surface area contributed by atoms with Crippen LogP contribution in [0.3, 0.4) is 0 Å². The fourth-order valence-electron chi connectivity index (χ4n) is 5.09. The monoisotopic (exact) mass is 433 g/mol. The van der Waals surface area contributed by atoms with Crippen molar-refractivity contribution in [3.05, 3.63) is 0 Å². The fourth-order valence-corrected chi connectivity index (χ4v) is 6.30. The van der Waals surface area contributed by atoms with E-state index < -0.39 is 10.0 Å². The minimum absolute atomic E-state index is 0.0239. The Bertz CT molecular complexity index is 633. The van der Waals surface area contributed by atoms with Crippen LogP contribution in [-0.4, -0.2) is 66.7 Å². The van der Waals surface area contributed by atoms with E-state index in [0.29, 0.717) is 31.8 Å². The Morgan fingerprint density at radius 3 is 2.28 bits per heavy atom. The smallest absolute Gasteiger partial charge is 0.290 e. The van der Waals surface area contributed by atoms with Gasteiger partial charge in [0.15, 0.2) is 0 Å². The molecule has 0 radical (unpaired) electrons. The van der Waals surface area contributed by atoms with E-state index in [2.05, 4.69) is 38.3 Å². The van der Waals surface area contributed by atoms with Gasteiger partial charge < -0.3 is 15.7 Å². The van der Waals surface area contributed by atoms with E-state index in [9.17, 15) is 13.2 Å². The van der Waals surface area contributed by atoms with Gasteiger partial charge in [-0.1, -0.05) is 6.42 Å². The van der Waals surface area contributed by atoms with Crippen molar-refractivity contribution in [3.8, 4) is 0 Å². The summed E-state index contributed by atoms with van der Waals surface area (Å²) in [5.41, 5.74) is 0.0928. The van der Waals surface area contributed by atoms with Gasteiger partial charge in [-0.3, -0.25) is 9.59 Å². The summed E-state index contributed by atoms with van der Waals surface area (Å²) in [6.45, 7) is 9.69. The predicted molar refractivity (Wildman–Crippen MR) is 114 cm³/mol. The Hall–Kier alpha value is -1.19. The molecular weight excluding hydrogens is 394 g/mol. The lowest BCUT2D eigenvalue weighted by Crippen LogP contribution is -2.58. The number of nitrogens with zero attached hydrogens (tertiary/aromatic N) is 1. The number of hydrogen-bond donors (Lipinski definition) is 3. The van der Waals surface area contributed by atoms with E-state index in [1.54, 1.807) is 4.31 Å². The molecule has 2 aliphatic rings. The topological polar surface area (TPSA) is 116 Å². The van der Waals surface area contributed by atoms with Crippen molar-refractivity contribution in [1.82, 2.24) is 14.9 Å². The third-order valence-electron chi connectivity index (χ3n) is 5.55. The highest BCUT2D eigenvalue weighted by atomic mass is 32.2. The lowest BCUT2D eigenvalue weighted by molar-refractivity contribution is -0.123. The molecule has 1 atom stereocenters. The van der Waals surface area contributed by atoms with Crippen LogP contribution < -0.4 is 10.6 Å². The first-order valence-electron chi connectivity index (χ1n) is 10.4. The highest BCUT2D eigenvalue weighted by Crippen LogP contribution is 2.34. The van der Waals surface area contributed by atoms with Crippen LogP contribution in [0.5, 0.6) is 0 Å². The van der Waals surface area contributed by atoms with Crippen molar-refractivity contribution in [2.24, 2.45) is 5.92 Å². The van der Waals surface area contributed by atoms with Crippen LogP contribution in [0.2, 0.25) is 0 Å². The Morgan fingerprint density at radius 2 is 1.76 bits per heavy atom. The van der Waals surface area contributed by atoms with Gasteiger partial charge in [0, 0.05) is 36.6 Å². The van der Waals surface area contributed by atoms with Crippen LogP contribution in [0.25, 0.3) is 0 Å². The number of sulfonamides is 1. The van der Waals surface area contributed by atoms with E-state index in [4.69, 9.17) is 9.90 Å². The zero-order valence-corrected chi connectivity index (χ0v) is 19.3. The average molecular weight is 434 g/mol. The number of nitrogens with one attached hydrogen (secondary N) is 2. The fraction of sp³-hybridized carbons (Fsp3) is 0.900. The average Bonchev–Trinajstić information content (AvgIpc) is 2.52. The van der Waals surface area contributed by atoms with Gasteiger partial charge in [-0.25, -0.2) is 8.42 Å². The lowest BCUT2D eigenvalue weighted by Gasteiger charge is -2.46. The molecule has 3 N–H and O–H groups in total. The molecule has 2 saturated heterocycles. The predicted octanol–water partition coefficient (Wildman–Crippen LogP) is 1.95. The number of carbonyl (C=O) groups is 2. The second kappa shape index (κ2) is 10.7. The van der Waals surface area contributed by atoms with E-state index in [-0.39, 0.29) is 29.5 Å². The molecule has 0 spiro atoms. The van der Waals surface area contributed by atoms with Gasteiger partial charge in [0.1, 0.15) is 0 Å². The third kappa shape index (κ3) is 9.44. The second-order valence-corrected chi connectivity index (χ2v) is 11.6. The molecule has 0 aromatic rings. The molecule has 1 unspecified atom stereocenters. The van der Waals surface area contributed by atoms with Crippen LogP contribution in [0.4, 0.5) is 0 Å². The second-order valence-electron chi connectivity index (χ2n) is 9.64. The van der Waals surface area contributed by atoms with Crippen LogP contribution >= 0.6 is 0 Å². The van der Waals surface area contributed by atoms with Crippen molar-refractivity contribution >= 4 is 22.4 Å². The molecule has 0 saturated carbocycles. The van der Waals surface area contributed by atoms with E-state index in [0.717, 1.165) is 32.1 Å². The molecule has 1 amide bonds. The summed E-state index contributed by atoms with van der Waals surface area (Å²) in [7, 11) is -3.16. The quantitative estimate of drug-likeness (QED) is 0.552. The van der Waals surface area contributed by atoms with Gasteiger partial charge in [0.05, 0.1) is 6.26 Å². The number of rotatable bonds is 6. The zero-order valence-electron chi connectivity index (χ0n) is 18.5. The number of carbonyl (C=O) groups excluding carboxylic acids is 1. The summed E-state index contributed by atoms with van der Waals surface area (Å²) in [5, 5.41) is 13.6. The van der Waals surface area contributed by atoms with Gasteiger partial charge in [0.25, 0.3) is 6.47 Å². The summed E-state index contributed by atoms with van der Waals surface area (Å²) < 4.78 is 25.4. The molecule has 0 aromatic heterocycles. The molecule has 170 valence electrons. The summed E-state index contributed by atoms with van der Waals surface area (Å²) in [4.78, 5) is 20.8. The first-order chi connectivity index (χ1) is 13.3. The molecule has 2 fully saturated rings. The van der Waals surface area contributed by atoms with Gasteiger partial charge in [-0.05, 0) is 65.7 Å². The number of hydrogen-bond acceptors (Lipinski definition) is 5. The Morgan fingerprint density at radius 1 is 1.21 bits per heavy atom. The Labute approximate surface area is 175 Å². The summed E-state index contributed by atoms with van der Waals surface area (Å²) in [6, 6.07) is 0.0239. The van der Waals surface area contributed by atoms with Crippen molar-refractivity contribution in [3.63, 3.8) is 0 Å². The van der Waals surface area contributed by atoms with Crippen molar-refractivity contribution < 1.29 is 23.1 Å². The van der Waals surface area contributed by atoms with Gasteiger partial charge in [0.2, 0.25) is 15.9 Å². The SMILES string of the molecule is CC1(C)CC(CC(=O)NCCC2CCCCN2S(C)(=O)=O)CC(C)(C)N1.O=CO. The maximum atomic E-state index is 12.4. The molecule has 9 heteroatoms. The molecular formula is C20H39N3O5S. The zero-order chi connectivity index (χ0) is 22.3. The molecule has 0 bridgehead atoms. The van der Waals surface area contributed by atoms with Crippen LogP contribution in [-0.2, 0) is 19.6 Å². The maximum absolute atomic E-state index is 12.4. The van der Waals surface area contributed by atoms with Crippen molar-refractivity contribution in [1.29, 1.82) is 0 Å². The highest BCUT2D eigenvalue weighted by molar-refractivity contribution is 7.88. The van der Waals surface area contributed by atoms with Gasteiger partial charge >= 0.3 is 0 Å². The van der Waals surface area contributed by atoms with Crippen LogP contribution in [0.15, 0.2) is 0 Å². The molecule has 0 aromatic carbocycles. The summed E-state index contributed by atoms with van der Waals surface area (Å²) >= 11 is 0. The first-order valence-corrected chi connectivity index (χ1v) is 12.3. The molecule has 2 rings (SSSR count). The molecule has 2 heterocycles. The largest absolute Gasteiger partial charge is 0.483 e. The van der Waals surface area contributed by atoms with Crippen molar-refractivity contribution in [2.75, 3.05) is 19.3 Å². The Balaban J connectivity index is 0.00000132. The highest BCUT2D eigenvalue weighted by Gasteiger charge is 2.38. The number of carboxylic acid groups (broad SMARTS) is 1. The molecule has 0 aliphatic carbocycles. The van der Waals surface area contributed by atoms with E-state index in [1.807, 2.05) is 0 Å². The van der Waals surface area contributed by atoms with Gasteiger partial charge in [-0.15, -0.1) is 0 Å². The number of amides is 1. The minimum atomic E-state index is -3.16. The van der Waals surface area contributed by atoms with E-state index in [1.165, 1.54) is 6.26 Å². The lowest BCUT2D eigenvalue weighted by atomic mass is 9.74. The Kier molecular flexibility index (Phi) is 9.56. The first kappa shape index (κ1) is 25.8. The van der Waals surface area contributed by atoms with Gasteiger partial charge in [-0.2, -0.15) is 4.31 Å². The maximum Gasteiger partial charge on any atom is 0.290 e. The third-order valence-corrected chi connectivity index (χ3v) is 6.88. The summed E-state index contributed by atoms with van der Waals surface area (Å²) in [6.07, 6.45) is 7.39. The number of piperidine rings is 2. The molecule has 2 aliphatic heterocycles. The minimum Gasteiger partial charge on any atom is -0.483 e. The summed E-state index contributed by atoms with van der Waals surface area (Å²) in [5.74, 6) is 0.466. The molecule has 29 heavy (non-hydrogen) atoms. The molecule has 8 nitrogen and oxygen atoms in total.